The van der Waals surface area contributed by atoms with Gasteiger partial charge in [-0.15, -0.1) is 0 Å². The first-order valence-electron chi connectivity index (χ1n) is 13.1. The molecule has 0 radical (unpaired) electrons. The second-order valence-electron chi connectivity index (χ2n) is 9.43. The normalized spacial score (nSPS) is 12.4. The highest BCUT2D eigenvalue weighted by Crippen LogP contribution is 2.51. The zero-order chi connectivity index (χ0) is 23.5. The van der Waals surface area contributed by atoms with E-state index in [-0.39, 0.29) is 5.41 Å². The maximum absolute atomic E-state index is 2.34. The highest BCUT2D eigenvalue weighted by Gasteiger charge is 2.43. The highest BCUT2D eigenvalue weighted by atomic mass is 14.5. The van der Waals surface area contributed by atoms with Gasteiger partial charge in [0, 0.05) is 5.92 Å². The van der Waals surface area contributed by atoms with Crippen molar-refractivity contribution in [3.63, 3.8) is 0 Å². The molecule has 174 valence electrons. The van der Waals surface area contributed by atoms with Crippen LogP contribution in [0.1, 0.15) is 80.0 Å². The van der Waals surface area contributed by atoms with Crippen LogP contribution < -0.4 is 0 Å². The van der Waals surface area contributed by atoms with Gasteiger partial charge in [-0.2, -0.15) is 0 Å². The number of unbranched alkanes of at least 4 members (excludes halogenated alkanes) is 5. The molecule has 0 N–H and O–H groups in total. The molecule has 34 heavy (non-hydrogen) atoms. The van der Waals surface area contributed by atoms with Gasteiger partial charge in [-0.05, 0) is 28.7 Å². The quantitative estimate of drug-likeness (QED) is 0.150. The van der Waals surface area contributed by atoms with Crippen LogP contribution in [-0.4, -0.2) is 0 Å². The van der Waals surface area contributed by atoms with Gasteiger partial charge in [0.2, 0.25) is 0 Å². The average Bonchev–Trinajstić information content (AvgIpc) is 2.92. The van der Waals surface area contributed by atoms with E-state index in [1.54, 1.807) is 0 Å². The molecule has 1 atom stereocenters. The summed E-state index contributed by atoms with van der Waals surface area (Å²) >= 11 is 0. The zero-order valence-corrected chi connectivity index (χ0v) is 20.6. The summed E-state index contributed by atoms with van der Waals surface area (Å²) in [5, 5.41) is 0. The number of hydrogen-bond donors (Lipinski definition) is 0. The van der Waals surface area contributed by atoms with Crippen molar-refractivity contribution < 1.29 is 0 Å². The lowest BCUT2D eigenvalue weighted by molar-refractivity contribution is 0.428. The standard InChI is InChI=1S/C34H38/c1-2-3-4-5-6-19-28-33(29-20-11-7-12-21-29)34(30-22-13-8-14-23-30,31-24-15-9-16-25-31)32-26-17-10-18-27-32/h7-18,20-27,33H,2-6,19,28H2,1H3. The summed E-state index contributed by atoms with van der Waals surface area (Å²) in [5.41, 5.74) is 5.27. The van der Waals surface area contributed by atoms with E-state index in [0.717, 1.165) is 6.42 Å². The molecule has 0 aliphatic rings. The molecule has 0 aromatic heterocycles. The van der Waals surface area contributed by atoms with Crippen LogP contribution in [-0.2, 0) is 5.41 Å². The molecule has 4 rings (SSSR count). The van der Waals surface area contributed by atoms with Crippen LogP contribution in [0.25, 0.3) is 0 Å². The summed E-state index contributed by atoms with van der Waals surface area (Å²) in [6.07, 6.45) is 9.05. The highest BCUT2D eigenvalue weighted by molar-refractivity contribution is 5.54. The Bertz CT molecular complexity index is 971. The summed E-state index contributed by atoms with van der Waals surface area (Å²) in [5.74, 6) is 0.340. The zero-order valence-electron chi connectivity index (χ0n) is 20.6. The number of rotatable bonds is 12. The van der Waals surface area contributed by atoms with E-state index in [0.29, 0.717) is 5.92 Å². The molecule has 4 aromatic rings. The Morgan fingerprint density at radius 1 is 0.471 bits per heavy atom. The van der Waals surface area contributed by atoms with Gasteiger partial charge < -0.3 is 0 Å². The largest absolute Gasteiger partial charge is 0.0654 e. The van der Waals surface area contributed by atoms with Gasteiger partial charge in [-0.1, -0.05) is 167 Å². The Kier molecular flexibility index (Phi) is 8.74. The molecule has 0 heterocycles. The van der Waals surface area contributed by atoms with Crippen LogP contribution in [0.5, 0.6) is 0 Å². The summed E-state index contributed by atoms with van der Waals surface area (Å²) < 4.78 is 0. The fourth-order valence-electron chi connectivity index (χ4n) is 5.65. The van der Waals surface area contributed by atoms with Crippen LogP contribution >= 0.6 is 0 Å². The Morgan fingerprint density at radius 2 is 0.853 bits per heavy atom. The van der Waals surface area contributed by atoms with E-state index in [2.05, 4.69) is 128 Å². The first kappa shape index (κ1) is 24.0. The predicted molar refractivity (Wildman–Crippen MR) is 146 cm³/mol. The number of hydrogen-bond acceptors (Lipinski definition) is 0. The minimum atomic E-state index is -0.255. The summed E-state index contributed by atoms with van der Waals surface area (Å²) in [4.78, 5) is 0. The Balaban J connectivity index is 1.88. The third-order valence-electron chi connectivity index (χ3n) is 7.26. The van der Waals surface area contributed by atoms with Gasteiger partial charge in [-0.25, -0.2) is 0 Å². The van der Waals surface area contributed by atoms with Crippen molar-refractivity contribution in [1.82, 2.24) is 0 Å². The second kappa shape index (κ2) is 12.4. The Labute approximate surface area is 206 Å². The smallest absolute Gasteiger partial charge is 0.0519 e. The minimum Gasteiger partial charge on any atom is -0.0654 e. The molecule has 0 heteroatoms. The monoisotopic (exact) mass is 446 g/mol. The van der Waals surface area contributed by atoms with Gasteiger partial charge in [0.1, 0.15) is 0 Å². The molecule has 0 bridgehead atoms. The summed E-state index contributed by atoms with van der Waals surface area (Å²) in [6.45, 7) is 2.29. The van der Waals surface area contributed by atoms with Crippen molar-refractivity contribution in [2.45, 2.75) is 63.2 Å². The molecule has 0 fully saturated rings. The molecule has 0 aliphatic heterocycles. The molecular formula is C34H38. The van der Waals surface area contributed by atoms with Crippen LogP contribution in [0.15, 0.2) is 121 Å². The molecule has 0 nitrogen and oxygen atoms in total. The third-order valence-corrected chi connectivity index (χ3v) is 7.26. The molecule has 0 amide bonds. The first-order valence-corrected chi connectivity index (χ1v) is 13.1. The fourth-order valence-corrected chi connectivity index (χ4v) is 5.65. The van der Waals surface area contributed by atoms with Gasteiger partial charge in [0.25, 0.3) is 0 Å². The minimum absolute atomic E-state index is 0.255. The lowest BCUT2D eigenvalue weighted by Crippen LogP contribution is -2.36. The van der Waals surface area contributed by atoms with Crippen molar-refractivity contribution in [1.29, 1.82) is 0 Å². The lowest BCUT2D eigenvalue weighted by Gasteiger charge is -2.43. The van der Waals surface area contributed by atoms with Gasteiger partial charge in [0.15, 0.2) is 0 Å². The van der Waals surface area contributed by atoms with E-state index in [1.807, 2.05) is 0 Å². The first-order chi connectivity index (χ1) is 16.9. The second-order valence-corrected chi connectivity index (χ2v) is 9.43. The van der Waals surface area contributed by atoms with Crippen LogP contribution in [0.3, 0.4) is 0 Å². The van der Waals surface area contributed by atoms with Crippen LogP contribution in [0.4, 0.5) is 0 Å². The predicted octanol–water partition coefficient (Wildman–Crippen LogP) is 9.56. The molecule has 0 saturated heterocycles. The molecule has 0 spiro atoms. The van der Waals surface area contributed by atoms with Crippen molar-refractivity contribution in [2.24, 2.45) is 0 Å². The van der Waals surface area contributed by atoms with Gasteiger partial charge in [-0.3, -0.25) is 0 Å². The Morgan fingerprint density at radius 3 is 1.29 bits per heavy atom. The van der Waals surface area contributed by atoms with Crippen molar-refractivity contribution >= 4 is 0 Å². The SMILES string of the molecule is CCCCCCCCC(c1ccccc1)C(c1ccccc1)(c1ccccc1)c1ccccc1. The molecular weight excluding hydrogens is 408 g/mol. The van der Waals surface area contributed by atoms with E-state index in [1.165, 1.54) is 60.8 Å². The molecule has 4 aromatic carbocycles. The van der Waals surface area contributed by atoms with E-state index < -0.39 is 0 Å². The van der Waals surface area contributed by atoms with Crippen LogP contribution in [0, 0.1) is 0 Å². The van der Waals surface area contributed by atoms with Gasteiger partial charge >= 0.3 is 0 Å². The lowest BCUT2D eigenvalue weighted by atomic mass is 9.59. The van der Waals surface area contributed by atoms with Crippen molar-refractivity contribution in [2.75, 3.05) is 0 Å². The van der Waals surface area contributed by atoms with E-state index >= 15 is 0 Å². The van der Waals surface area contributed by atoms with Crippen molar-refractivity contribution in [3.05, 3.63) is 144 Å². The summed E-state index contributed by atoms with van der Waals surface area (Å²) in [6, 6.07) is 44.8. The Hall–Kier alpha value is -3.12. The van der Waals surface area contributed by atoms with E-state index in [4.69, 9.17) is 0 Å². The third kappa shape index (κ3) is 5.33. The fraction of sp³-hybridized carbons (Fsp3) is 0.294. The van der Waals surface area contributed by atoms with E-state index in [9.17, 15) is 0 Å². The topological polar surface area (TPSA) is 0 Å². The summed E-state index contributed by atoms with van der Waals surface area (Å²) in [7, 11) is 0. The molecule has 0 saturated carbocycles. The maximum atomic E-state index is 2.34. The maximum Gasteiger partial charge on any atom is 0.0519 e. The number of benzene rings is 4. The molecule has 0 aliphatic carbocycles. The van der Waals surface area contributed by atoms with Crippen molar-refractivity contribution in [3.8, 4) is 0 Å². The average molecular weight is 447 g/mol. The van der Waals surface area contributed by atoms with Crippen LogP contribution in [0.2, 0.25) is 0 Å². The molecule has 1 unspecified atom stereocenters. The van der Waals surface area contributed by atoms with Gasteiger partial charge in [0.05, 0.1) is 5.41 Å².